The molecular weight excluding hydrogens is 248 g/mol. The van der Waals surface area contributed by atoms with Gasteiger partial charge < -0.3 is 5.73 Å². The van der Waals surface area contributed by atoms with Gasteiger partial charge in [-0.1, -0.05) is 15.9 Å². The van der Waals surface area contributed by atoms with Crippen LogP contribution in [0.25, 0.3) is 0 Å². The van der Waals surface area contributed by atoms with Gasteiger partial charge in [0.05, 0.1) is 4.92 Å². The molecule has 0 fully saturated rings. The lowest BCUT2D eigenvalue weighted by Gasteiger charge is -2.05. The standard InChI is InChI=1S/C9H11BrN2O2/c1-6(11)2-7-3-8(10)5-9(4-7)12(13)14/h3-6H,2,11H2,1H3/t6-/m0/s1. The van der Waals surface area contributed by atoms with Gasteiger partial charge in [0.25, 0.3) is 5.69 Å². The SMILES string of the molecule is C[C@H](N)Cc1cc(Br)cc([N+](=O)[O-])c1. The minimum atomic E-state index is -0.407. The Kier molecular flexibility index (Phi) is 3.60. The predicted octanol–water partition coefficient (Wildman–Crippen LogP) is 2.25. The summed E-state index contributed by atoms with van der Waals surface area (Å²) in [4.78, 5) is 10.1. The molecule has 0 unspecified atom stereocenters. The van der Waals surface area contributed by atoms with Crippen molar-refractivity contribution in [3.05, 3.63) is 38.3 Å². The van der Waals surface area contributed by atoms with Crippen LogP contribution in [0.4, 0.5) is 5.69 Å². The van der Waals surface area contributed by atoms with Crippen molar-refractivity contribution in [3.63, 3.8) is 0 Å². The third-order valence-electron chi connectivity index (χ3n) is 1.71. The maximum atomic E-state index is 10.5. The monoisotopic (exact) mass is 258 g/mol. The van der Waals surface area contributed by atoms with Crippen LogP contribution < -0.4 is 5.73 Å². The topological polar surface area (TPSA) is 69.2 Å². The minimum Gasteiger partial charge on any atom is -0.328 e. The molecule has 0 aliphatic rings. The number of nitro groups is 1. The Morgan fingerprint density at radius 3 is 2.71 bits per heavy atom. The van der Waals surface area contributed by atoms with Gasteiger partial charge in [0.1, 0.15) is 0 Å². The molecule has 0 saturated carbocycles. The minimum absolute atomic E-state index is 0.00361. The smallest absolute Gasteiger partial charge is 0.270 e. The largest absolute Gasteiger partial charge is 0.328 e. The van der Waals surface area contributed by atoms with Crippen molar-refractivity contribution in [1.82, 2.24) is 0 Å². The van der Waals surface area contributed by atoms with Gasteiger partial charge in [-0.15, -0.1) is 0 Å². The molecule has 5 heteroatoms. The number of benzene rings is 1. The molecule has 0 aliphatic heterocycles. The highest BCUT2D eigenvalue weighted by Gasteiger charge is 2.09. The highest BCUT2D eigenvalue weighted by molar-refractivity contribution is 9.10. The zero-order chi connectivity index (χ0) is 10.7. The molecule has 0 saturated heterocycles. The van der Waals surface area contributed by atoms with Crippen LogP contribution >= 0.6 is 15.9 Å². The van der Waals surface area contributed by atoms with Crippen LogP contribution in [0.3, 0.4) is 0 Å². The molecule has 1 atom stereocenters. The molecule has 0 heterocycles. The quantitative estimate of drug-likeness (QED) is 0.668. The molecule has 0 aromatic heterocycles. The Bertz CT molecular complexity index is 353. The molecule has 0 spiro atoms. The first-order valence-electron chi connectivity index (χ1n) is 4.18. The summed E-state index contributed by atoms with van der Waals surface area (Å²) >= 11 is 3.23. The van der Waals surface area contributed by atoms with E-state index in [1.54, 1.807) is 6.07 Å². The van der Waals surface area contributed by atoms with E-state index in [4.69, 9.17) is 5.73 Å². The molecule has 14 heavy (non-hydrogen) atoms. The molecule has 76 valence electrons. The maximum absolute atomic E-state index is 10.5. The molecule has 1 aromatic rings. The fourth-order valence-electron chi connectivity index (χ4n) is 1.23. The first-order chi connectivity index (χ1) is 6.49. The van der Waals surface area contributed by atoms with Crippen molar-refractivity contribution >= 4 is 21.6 Å². The second-order valence-corrected chi connectivity index (χ2v) is 4.17. The summed E-state index contributed by atoms with van der Waals surface area (Å²) in [6.07, 6.45) is 0.639. The second kappa shape index (κ2) is 4.52. The Hall–Kier alpha value is -0.940. The van der Waals surface area contributed by atoms with Crippen LogP contribution in [0.5, 0.6) is 0 Å². The first kappa shape index (κ1) is 11.1. The van der Waals surface area contributed by atoms with E-state index in [2.05, 4.69) is 15.9 Å². The van der Waals surface area contributed by atoms with Gasteiger partial charge in [-0.3, -0.25) is 10.1 Å². The van der Waals surface area contributed by atoms with E-state index in [9.17, 15) is 10.1 Å². The van der Waals surface area contributed by atoms with Crippen molar-refractivity contribution in [1.29, 1.82) is 0 Å². The van der Waals surface area contributed by atoms with Crippen molar-refractivity contribution in [2.24, 2.45) is 5.73 Å². The summed E-state index contributed by atoms with van der Waals surface area (Å²) in [5.74, 6) is 0. The van der Waals surface area contributed by atoms with E-state index >= 15 is 0 Å². The molecule has 2 N–H and O–H groups in total. The maximum Gasteiger partial charge on any atom is 0.270 e. The Balaban J connectivity index is 3.01. The van der Waals surface area contributed by atoms with Gasteiger partial charge in [0.15, 0.2) is 0 Å². The van der Waals surface area contributed by atoms with Crippen molar-refractivity contribution in [3.8, 4) is 0 Å². The van der Waals surface area contributed by atoms with E-state index in [0.717, 1.165) is 5.56 Å². The number of rotatable bonds is 3. The molecule has 1 aromatic carbocycles. The number of nitro benzene ring substituents is 1. The Labute approximate surface area is 90.4 Å². The summed E-state index contributed by atoms with van der Waals surface area (Å²) in [5, 5.41) is 10.5. The van der Waals surface area contributed by atoms with Crippen LogP contribution in [0.15, 0.2) is 22.7 Å². The van der Waals surface area contributed by atoms with E-state index in [-0.39, 0.29) is 11.7 Å². The fraction of sp³-hybridized carbons (Fsp3) is 0.333. The normalized spacial score (nSPS) is 12.5. The van der Waals surface area contributed by atoms with Crippen molar-refractivity contribution in [2.45, 2.75) is 19.4 Å². The average molecular weight is 259 g/mol. The molecule has 0 radical (unpaired) electrons. The highest BCUT2D eigenvalue weighted by Crippen LogP contribution is 2.21. The van der Waals surface area contributed by atoms with Gasteiger partial charge in [-0.2, -0.15) is 0 Å². The lowest BCUT2D eigenvalue weighted by atomic mass is 10.1. The molecule has 0 amide bonds. The molecule has 1 rings (SSSR count). The fourth-order valence-corrected chi connectivity index (χ4v) is 1.76. The van der Waals surface area contributed by atoms with Gasteiger partial charge in [0.2, 0.25) is 0 Å². The number of nitrogens with two attached hydrogens (primary N) is 1. The van der Waals surface area contributed by atoms with Crippen molar-refractivity contribution in [2.75, 3.05) is 0 Å². The Morgan fingerprint density at radius 1 is 1.57 bits per heavy atom. The van der Waals surface area contributed by atoms with Gasteiger partial charge in [-0.25, -0.2) is 0 Å². The summed E-state index contributed by atoms with van der Waals surface area (Å²) in [7, 11) is 0. The number of hydrogen-bond donors (Lipinski definition) is 1. The molecule has 0 bridgehead atoms. The summed E-state index contributed by atoms with van der Waals surface area (Å²) in [6.45, 7) is 1.87. The lowest BCUT2D eigenvalue weighted by Crippen LogP contribution is -2.17. The summed E-state index contributed by atoms with van der Waals surface area (Å²) in [5.41, 5.74) is 6.58. The average Bonchev–Trinajstić information content (AvgIpc) is 2.01. The van der Waals surface area contributed by atoms with Crippen LogP contribution in [0.2, 0.25) is 0 Å². The molecule has 0 aliphatic carbocycles. The zero-order valence-electron chi connectivity index (χ0n) is 7.74. The Morgan fingerprint density at radius 2 is 2.21 bits per heavy atom. The lowest BCUT2D eigenvalue weighted by molar-refractivity contribution is -0.385. The van der Waals surface area contributed by atoms with Crippen LogP contribution in [0, 0.1) is 10.1 Å². The van der Waals surface area contributed by atoms with E-state index < -0.39 is 4.92 Å². The van der Waals surface area contributed by atoms with E-state index in [1.165, 1.54) is 6.07 Å². The number of halogens is 1. The van der Waals surface area contributed by atoms with Gasteiger partial charge >= 0.3 is 0 Å². The molecule has 4 nitrogen and oxygen atoms in total. The van der Waals surface area contributed by atoms with E-state index in [1.807, 2.05) is 13.0 Å². The number of nitrogens with zero attached hydrogens (tertiary/aromatic N) is 1. The van der Waals surface area contributed by atoms with E-state index in [0.29, 0.717) is 10.9 Å². The van der Waals surface area contributed by atoms with Crippen molar-refractivity contribution < 1.29 is 4.92 Å². The van der Waals surface area contributed by atoms with Crippen LogP contribution in [-0.2, 0) is 6.42 Å². The third-order valence-corrected chi connectivity index (χ3v) is 2.17. The second-order valence-electron chi connectivity index (χ2n) is 3.26. The van der Waals surface area contributed by atoms with Crippen LogP contribution in [-0.4, -0.2) is 11.0 Å². The number of hydrogen-bond acceptors (Lipinski definition) is 3. The molecular formula is C9H11BrN2O2. The van der Waals surface area contributed by atoms with Crippen LogP contribution in [0.1, 0.15) is 12.5 Å². The summed E-state index contributed by atoms with van der Waals surface area (Å²) in [6, 6.07) is 4.87. The third kappa shape index (κ3) is 3.08. The highest BCUT2D eigenvalue weighted by atomic mass is 79.9. The van der Waals surface area contributed by atoms with Gasteiger partial charge in [-0.05, 0) is 25.0 Å². The van der Waals surface area contributed by atoms with Gasteiger partial charge in [0, 0.05) is 22.6 Å². The summed E-state index contributed by atoms with van der Waals surface area (Å²) < 4.78 is 0.711. The first-order valence-corrected chi connectivity index (χ1v) is 4.98. The predicted molar refractivity (Wildman–Crippen MR) is 58.1 cm³/mol. The number of non-ortho nitro benzene ring substituents is 1. The zero-order valence-corrected chi connectivity index (χ0v) is 9.32.